The van der Waals surface area contributed by atoms with E-state index in [1.54, 1.807) is 30.0 Å². The van der Waals surface area contributed by atoms with Gasteiger partial charge in [0.1, 0.15) is 5.75 Å². The van der Waals surface area contributed by atoms with Crippen LogP contribution in [0.5, 0.6) is 5.75 Å². The fourth-order valence-corrected chi connectivity index (χ4v) is 2.80. The number of carbonyl (C=O) groups excluding carboxylic acids is 1. The lowest BCUT2D eigenvalue weighted by Gasteiger charge is -2.16. The van der Waals surface area contributed by atoms with Crippen molar-refractivity contribution in [2.24, 2.45) is 0 Å². The maximum atomic E-state index is 12.6. The van der Waals surface area contributed by atoms with Crippen LogP contribution in [0.1, 0.15) is 34.4 Å². The molecule has 0 N–H and O–H groups in total. The average Bonchev–Trinajstić information content (AvgIpc) is 3.15. The molecule has 7 heteroatoms. The van der Waals surface area contributed by atoms with Crippen LogP contribution in [-0.4, -0.2) is 41.1 Å². The summed E-state index contributed by atoms with van der Waals surface area (Å²) in [6.45, 7) is 3.02. The molecule has 2 heterocycles. The predicted molar refractivity (Wildman–Crippen MR) is 80.3 cm³/mol. The Bertz CT molecular complexity index is 701. The largest absolute Gasteiger partial charge is 0.495 e. The first-order chi connectivity index (χ1) is 10.6. The van der Waals surface area contributed by atoms with E-state index in [4.69, 9.17) is 20.9 Å². The molecule has 0 spiro atoms. The highest BCUT2D eigenvalue weighted by Crippen LogP contribution is 2.29. The van der Waals surface area contributed by atoms with Crippen LogP contribution in [0.15, 0.2) is 22.7 Å². The van der Waals surface area contributed by atoms with Crippen molar-refractivity contribution >= 4 is 17.5 Å². The van der Waals surface area contributed by atoms with Crippen molar-refractivity contribution in [3.8, 4) is 5.75 Å². The van der Waals surface area contributed by atoms with Crippen LogP contribution in [0.2, 0.25) is 5.02 Å². The molecule has 0 saturated carbocycles. The van der Waals surface area contributed by atoms with Gasteiger partial charge in [-0.25, -0.2) is 0 Å². The lowest BCUT2D eigenvalue weighted by Crippen LogP contribution is -2.28. The molecule has 1 aliphatic heterocycles. The van der Waals surface area contributed by atoms with Crippen LogP contribution in [0, 0.1) is 6.92 Å². The lowest BCUT2D eigenvalue weighted by atomic mass is 10.1. The third-order valence-electron chi connectivity index (χ3n) is 3.77. The van der Waals surface area contributed by atoms with Gasteiger partial charge in [0.05, 0.1) is 18.1 Å². The monoisotopic (exact) mass is 321 g/mol. The third-order valence-corrected chi connectivity index (χ3v) is 4.08. The summed E-state index contributed by atoms with van der Waals surface area (Å²) in [6.07, 6.45) is 0.818. The number of aryl methyl sites for hydroxylation is 1. The van der Waals surface area contributed by atoms with Crippen LogP contribution in [0.4, 0.5) is 0 Å². The van der Waals surface area contributed by atoms with Gasteiger partial charge in [0.2, 0.25) is 5.89 Å². The zero-order valence-corrected chi connectivity index (χ0v) is 13.1. The lowest BCUT2D eigenvalue weighted by molar-refractivity contribution is 0.0789. The highest BCUT2D eigenvalue weighted by Gasteiger charge is 2.31. The summed E-state index contributed by atoms with van der Waals surface area (Å²) in [7, 11) is 1.53. The van der Waals surface area contributed by atoms with Crippen molar-refractivity contribution in [1.82, 2.24) is 15.0 Å². The highest BCUT2D eigenvalue weighted by atomic mass is 35.5. The highest BCUT2D eigenvalue weighted by molar-refractivity contribution is 6.32. The minimum Gasteiger partial charge on any atom is -0.495 e. The Morgan fingerprint density at radius 1 is 1.50 bits per heavy atom. The van der Waals surface area contributed by atoms with Gasteiger partial charge in [-0.3, -0.25) is 4.79 Å². The zero-order chi connectivity index (χ0) is 15.7. The molecule has 1 aromatic heterocycles. The molecule has 0 aliphatic carbocycles. The summed E-state index contributed by atoms with van der Waals surface area (Å²) < 4.78 is 10.4. The summed E-state index contributed by atoms with van der Waals surface area (Å²) in [5, 5.41) is 4.29. The Morgan fingerprint density at radius 3 is 3.00 bits per heavy atom. The second-order valence-corrected chi connectivity index (χ2v) is 5.67. The predicted octanol–water partition coefficient (Wildman–Crippen LogP) is 2.67. The van der Waals surface area contributed by atoms with Crippen LogP contribution >= 0.6 is 11.6 Å². The molecule has 6 nitrogen and oxygen atoms in total. The molecule has 1 saturated heterocycles. The van der Waals surface area contributed by atoms with E-state index in [9.17, 15) is 4.79 Å². The van der Waals surface area contributed by atoms with Gasteiger partial charge in [0.15, 0.2) is 5.82 Å². The van der Waals surface area contributed by atoms with Gasteiger partial charge >= 0.3 is 0 Å². The summed E-state index contributed by atoms with van der Waals surface area (Å²) in [5.74, 6) is 1.76. The Kier molecular flexibility index (Phi) is 4.02. The quantitative estimate of drug-likeness (QED) is 0.869. The van der Waals surface area contributed by atoms with Gasteiger partial charge in [-0.2, -0.15) is 4.98 Å². The fourth-order valence-electron chi connectivity index (χ4n) is 2.60. The average molecular weight is 322 g/mol. The standard InChI is InChI=1S/C15H16ClN3O3/c1-9-17-14(22-18-9)11-5-6-19(8-11)15(20)10-3-4-12(16)13(7-10)21-2/h3-4,7,11H,5-6,8H2,1-2H3. The number of amides is 1. The number of carbonyl (C=O) groups is 1. The molecule has 2 aromatic rings. The van der Waals surface area contributed by atoms with Crippen LogP contribution in [-0.2, 0) is 0 Å². The van der Waals surface area contributed by atoms with Crippen molar-refractivity contribution in [3.05, 3.63) is 40.5 Å². The Balaban J connectivity index is 1.74. The van der Waals surface area contributed by atoms with E-state index in [-0.39, 0.29) is 11.8 Å². The van der Waals surface area contributed by atoms with E-state index in [0.29, 0.717) is 41.1 Å². The molecular formula is C15H16ClN3O3. The molecule has 116 valence electrons. The molecule has 1 aliphatic rings. The number of hydrogen-bond donors (Lipinski definition) is 0. The number of nitrogens with zero attached hydrogens (tertiary/aromatic N) is 3. The molecule has 1 atom stereocenters. The molecule has 0 bridgehead atoms. The SMILES string of the molecule is COc1cc(C(=O)N2CCC(c3nc(C)no3)C2)ccc1Cl. The summed E-state index contributed by atoms with van der Waals surface area (Å²) >= 11 is 5.99. The number of hydrogen-bond acceptors (Lipinski definition) is 5. The second kappa shape index (κ2) is 5.96. The van der Waals surface area contributed by atoms with Crippen molar-refractivity contribution in [2.45, 2.75) is 19.3 Å². The van der Waals surface area contributed by atoms with Crippen LogP contribution in [0.3, 0.4) is 0 Å². The van der Waals surface area contributed by atoms with Crippen LogP contribution < -0.4 is 4.74 Å². The number of likely N-dealkylation sites (tertiary alicyclic amines) is 1. The van der Waals surface area contributed by atoms with E-state index < -0.39 is 0 Å². The van der Waals surface area contributed by atoms with E-state index >= 15 is 0 Å². The minimum atomic E-state index is -0.0475. The van der Waals surface area contributed by atoms with Crippen molar-refractivity contribution < 1.29 is 14.1 Å². The van der Waals surface area contributed by atoms with Crippen LogP contribution in [0.25, 0.3) is 0 Å². The molecule has 1 amide bonds. The maximum absolute atomic E-state index is 12.6. The first-order valence-corrected chi connectivity index (χ1v) is 7.39. The van der Waals surface area contributed by atoms with E-state index in [0.717, 1.165) is 6.42 Å². The Labute approximate surface area is 133 Å². The van der Waals surface area contributed by atoms with Gasteiger partial charge in [0.25, 0.3) is 5.91 Å². The van der Waals surface area contributed by atoms with Gasteiger partial charge < -0.3 is 14.2 Å². The van der Waals surface area contributed by atoms with Gasteiger partial charge in [-0.1, -0.05) is 16.8 Å². The number of rotatable bonds is 3. The van der Waals surface area contributed by atoms with Gasteiger partial charge in [-0.15, -0.1) is 0 Å². The number of halogens is 1. The summed E-state index contributed by atoms with van der Waals surface area (Å²) in [6, 6.07) is 5.04. The fraction of sp³-hybridized carbons (Fsp3) is 0.400. The van der Waals surface area contributed by atoms with E-state index in [1.165, 1.54) is 7.11 Å². The van der Waals surface area contributed by atoms with E-state index in [2.05, 4.69) is 10.1 Å². The molecule has 3 rings (SSSR count). The summed E-state index contributed by atoms with van der Waals surface area (Å²) in [5.41, 5.74) is 0.559. The molecule has 1 unspecified atom stereocenters. The third kappa shape index (κ3) is 2.78. The minimum absolute atomic E-state index is 0.0475. The maximum Gasteiger partial charge on any atom is 0.254 e. The zero-order valence-electron chi connectivity index (χ0n) is 12.4. The van der Waals surface area contributed by atoms with Crippen molar-refractivity contribution in [2.75, 3.05) is 20.2 Å². The van der Waals surface area contributed by atoms with Gasteiger partial charge in [0, 0.05) is 18.7 Å². The number of methoxy groups -OCH3 is 1. The first-order valence-electron chi connectivity index (χ1n) is 7.01. The topological polar surface area (TPSA) is 68.5 Å². The van der Waals surface area contributed by atoms with Gasteiger partial charge in [-0.05, 0) is 31.5 Å². The second-order valence-electron chi connectivity index (χ2n) is 5.27. The molecule has 22 heavy (non-hydrogen) atoms. The Morgan fingerprint density at radius 2 is 2.32 bits per heavy atom. The summed E-state index contributed by atoms with van der Waals surface area (Å²) in [4.78, 5) is 18.6. The normalized spacial score (nSPS) is 17.8. The number of aromatic nitrogens is 2. The van der Waals surface area contributed by atoms with E-state index in [1.807, 2.05) is 0 Å². The molecule has 0 radical (unpaired) electrons. The number of ether oxygens (including phenoxy) is 1. The van der Waals surface area contributed by atoms with Crippen molar-refractivity contribution in [1.29, 1.82) is 0 Å². The van der Waals surface area contributed by atoms with Crippen molar-refractivity contribution in [3.63, 3.8) is 0 Å². The smallest absolute Gasteiger partial charge is 0.254 e. The molecule has 1 fully saturated rings. The molecular weight excluding hydrogens is 306 g/mol. The Hall–Kier alpha value is -2.08. The first kappa shape index (κ1) is 14.8. The number of benzene rings is 1. The molecule has 1 aromatic carbocycles.